The number of ether oxygens (including phenoxy) is 1. The van der Waals surface area contributed by atoms with Gasteiger partial charge in [-0.05, 0) is 133 Å². The van der Waals surface area contributed by atoms with Crippen molar-refractivity contribution in [2.24, 2.45) is 0 Å². The molecule has 378 valence electrons. The Balaban J connectivity index is 0.000000389. The quantitative estimate of drug-likeness (QED) is 0.189. The Morgan fingerprint density at radius 2 is 0.886 bits per heavy atom. The summed E-state index contributed by atoms with van der Waals surface area (Å²) < 4.78 is 5.10. The number of piperidine rings is 2. The lowest BCUT2D eigenvalue weighted by atomic mass is 10.1. The standard InChI is InChI=1S/2C6H13N.3C5H6N2.C5H11NO.4C4H5N3/c2*1-7-5-3-2-4-6-7;1-5-2-6-4-7-3-5;1-5-4-6-2-3-7-5;1-5-6-3-2-4-7-5;1-6-2-4-7-5-3-6;1-4-6-2-5-3-7-4;1-4-2-6-7-3-5-4;1-4-2-5-3-6-7-4;1-4-5-2-3-6-7-4/h2*2-6H2,1H3;3*2-4H,1H3;2-5H2,1H3;4*2-3H,1H3. The van der Waals surface area contributed by atoms with Gasteiger partial charge in [0.05, 0.1) is 48.9 Å². The van der Waals surface area contributed by atoms with Gasteiger partial charge in [-0.2, -0.15) is 15.3 Å². The third kappa shape index (κ3) is 41.3. The number of hydrogen-bond donors (Lipinski definition) is 0. The minimum Gasteiger partial charge on any atom is -0.379 e. The van der Waals surface area contributed by atoms with Gasteiger partial charge in [0.15, 0.2) is 0 Å². The van der Waals surface area contributed by atoms with E-state index in [1.54, 1.807) is 81.2 Å². The summed E-state index contributed by atoms with van der Waals surface area (Å²) in [6, 6.07) is 1.80. The van der Waals surface area contributed by atoms with Crippen LogP contribution in [0.3, 0.4) is 0 Å². The Kier molecular flexibility index (Phi) is 37.9. The fraction of sp³-hybridized carbons (Fsp3) is 0.500. The molecule has 0 radical (unpaired) electrons. The van der Waals surface area contributed by atoms with Crippen molar-refractivity contribution >= 4 is 0 Å². The molecule has 7 aromatic heterocycles. The fourth-order valence-corrected chi connectivity index (χ4v) is 5.10. The van der Waals surface area contributed by atoms with E-state index >= 15 is 0 Å². The van der Waals surface area contributed by atoms with Crippen molar-refractivity contribution in [3.8, 4) is 0 Å². The van der Waals surface area contributed by atoms with Crippen LogP contribution in [0, 0.1) is 48.5 Å². The number of morpholine rings is 1. The highest BCUT2D eigenvalue weighted by Crippen LogP contribution is 2.05. The lowest BCUT2D eigenvalue weighted by Crippen LogP contribution is -2.32. The number of likely N-dealkylation sites (N-methyl/N-ethyl adjacent to an activating group) is 1. The number of aromatic nitrogens is 18. The van der Waals surface area contributed by atoms with Gasteiger partial charge in [0.1, 0.15) is 49.1 Å². The molecule has 22 nitrogen and oxygen atoms in total. The van der Waals surface area contributed by atoms with E-state index in [0.717, 1.165) is 60.6 Å². The van der Waals surface area contributed by atoms with Crippen LogP contribution in [0.15, 0.2) is 106 Å². The molecule has 0 atom stereocenters. The number of aryl methyl sites for hydroxylation is 7. The van der Waals surface area contributed by atoms with Gasteiger partial charge in [-0.1, -0.05) is 12.8 Å². The van der Waals surface area contributed by atoms with Crippen molar-refractivity contribution in [3.63, 3.8) is 0 Å². The summed E-state index contributed by atoms with van der Waals surface area (Å²) in [6.45, 7) is 22.4. The topological polar surface area (TPSA) is 251 Å². The Morgan fingerprint density at radius 1 is 0.357 bits per heavy atom. The third-order valence-corrected chi connectivity index (χ3v) is 8.91. The average molecular weight is 962 g/mol. The number of hydrogen-bond acceptors (Lipinski definition) is 22. The van der Waals surface area contributed by atoms with Gasteiger partial charge in [-0.15, -0.1) is 15.3 Å². The van der Waals surface area contributed by atoms with Gasteiger partial charge in [0.25, 0.3) is 0 Å². The van der Waals surface area contributed by atoms with Gasteiger partial charge in [0, 0.05) is 62.7 Å². The predicted molar refractivity (Wildman–Crippen MR) is 270 cm³/mol. The zero-order chi connectivity index (χ0) is 51.1. The van der Waals surface area contributed by atoms with Crippen molar-refractivity contribution < 1.29 is 4.74 Å². The molecule has 0 amide bonds. The van der Waals surface area contributed by atoms with E-state index in [4.69, 9.17) is 4.74 Å². The number of likely N-dealkylation sites (tertiary alicyclic amines) is 2. The van der Waals surface area contributed by atoms with Crippen LogP contribution >= 0.6 is 0 Å². The van der Waals surface area contributed by atoms with Gasteiger partial charge in [-0.25, -0.2) is 49.8 Å². The molecule has 0 N–H and O–H groups in total. The molecular weight excluding hydrogens is 887 g/mol. The molecule has 70 heavy (non-hydrogen) atoms. The molecular formula is C48H75N21O. The lowest BCUT2D eigenvalue weighted by Gasteiger charge is -2.21. The third-order valence-electron chi connectivity index (χ3n) is 8.91. The van der Waals surface area contributed by atoms with Crippen molar-refractivity contribution in [3.05, 3.63) is 146 Å². The summed E-state index contributed by atoms with van der Waals surface area (Å²) in [5, 5.41) is 21.4. The van der Waals surface area contributed by atoms with Gasteiger partial charge in [-0.3, -0.25) is 9.97 Å². The molecule has 7 aromatic rings. The van der Waals surface area contributed by atoms with Crippen LogP contribution in [0.1, 0.15) is 78.6 Å². The molecule has 0 aliphatic carbocycles. The lowest BCUT2D eigenvalue weighted by molar-refractivity contribution is 0.0503. The zero-order valence-corrected chi connectivity index (χ0v) is 43.0. The highest BCUT2D eigenvalue weighted by atomic mass is 16.5. The maximum atomic E-state index is 5.10. The number of rotatable bonds is 0. The molecule has 3 saturated heterocycles. The highest BCUT2D eigenvalue weighted by Gasteiger charge is 2.03. The Labute approximate surface area is 415 Å². The maximum Gasteiger partial charge on any atom is 0.147 e. The fourth-order valence-electron chi connectivity index (χ4n) is 5.10. The average Bonchev–Trinajstić information content (AvgIpc) is 3.38. The predicted octanol–water partition coefficient (Wildman–Crippen LogP) is 5.23. The first kappa shape index (κ1) is 61.1. The van der Waals surface area contributed by atoms with E-state index in [1.807, 2.05) is 41.5 Å². The molecule has 10 heterocycles. The molecule has 0 saturated carbocycles. The van der Waals surface area contributed by atoms with E-state index in [1.165, 1.54) is 96.3 Å². The molecule has 3 fully saturated rings. The molecule has 22 heteroatoms. The van der Waals surface area contributed by atoms with Crippen LogP contribution in [0.25, 0.3) is 0 Å². The molecule has 0 unspecified atom stereocenters. The summed E-state index contributed by atoms with van der Waals surface area (Å²) in [7, 11) is 6.50. The van der Waals surface area contributed by atoms with Crippen molar-refractivity contribution in [2.45, 2.75) is 87.0 Å². The van der Waals surface area contributed by atoms with Gasteiger partial charge in [0.2, 0.25) is 0 Å². The smallest absolute Gasteiger partial charge is 0.147 e. The summed E-state index contributed by atoms with van der Waals surface area (Å²) >= 11 is 0. The maximum absolute atomic E-state index is 5.10. The Morgan fingerprint density at radius 3 is 1.14 bits per heavy atom. The van der Waals surface area contributed by atoms with Crippen molar-refractivity contribution in [1.82, 2.24) is 105 Å². The molecule has 0 bridgehead atoms. The molecule has 0 aromatic carbocycles. The van der Waals surface area contributed by atoms with E-state index in [9.17, 15) is 0 Å². The Hall–Kier alpha value is -6.88. The molecule has 3 aliphatic rings. The van der Waals surface area contributed by atoms with E-state index in [-0.39, 0.29) is 0 Å². The highest BCUT2D eigenvalue weighted by molar-refractivity contribution is 4.97. The molecule has 3 aliphatic heterocycles. The summed E-state index contributed by atoms with van der Waals surface area (Å²) in [5.74, 6) is 2.29. The van der Waals surface area contributed by atoms with E-state index in [2.05, 4.69) is 126 Å². The Bertz CT molecular complexity index is 1700. The number of nitrogens with zero attached hydrogens (tertiary/aromatic N) is 21. The first-order chi connectivity index (χ1) is 33.9. The molecule has 0 spiro atoms. The van der Waals surface area contributed by atoms with Crippen LogP contribution in [0.4, 0.5) is 0 Å². The minimum absolute atomic E-state index is 0.711. The zero-order valence-electron chi connectivity index (χ0n) is 43.0. The first-order valence-corrected chi connectivity index (χ1v) is 23.1. The minimum atomic E-state index is 0.711. The monoisotopic (exact) mass is 962 g/mol. The first-order valence-electron chi connectivity index (χ1n) is 23.1. The SMILES string of the molecule is CN1CCCCC1.CN1CCCCC1.CN1CCOCC1.Cc1cnccn1.Cc1cncnc1.Cc1cncnn1.Cc1cnncn1.Cc1ncccn1.Cc1nccnn1.Cc1ncncn1. The van der Waals surface area contributed by atoms with Crippen LogP contribution in [-0.2, 0) is 4.74 Å². The normalized spacial score (nSPS) is 13.7. The summed E-state index contributed by atoms with van der Waals surface area (Å²) in [4.78, 5) is 52.5. The van der Waals surface area contributed by atoms with Gasteiger partial charge < -0.3 is 19.4 Å². The molecule has 10 rings (SSSR count). The van der Waals surface area contributed by atoms with Crippen molar-refractivity contribution in [2.75, 3.05) is 73.6 Å². The summed E-state index contributed by atoms with van der Waals surface area (Å²) in [6.07, 6.45) is 34.3. The second-order valence-corrected chi connectivity index (χ2v) is 15.6. The van der Waals surface area contributed by atoms with Crippen LogP contribution in [0.2, 0.25) is 0 Å². The van der Waals surface area contributed by atoms with E-state index < -0.39 is 0 Å². The van der Waals surface area contributed by atoms with Crippen LogP contribution in [-0.4, -0.2) is 179 Å². The van der Waals surface area contributed by atoms with Crippen LogP contribution in [0.5, 0.6) is 0 Å². The van der Waals surface area contributed by atoms with E-state index in [0.29, 0.717) is 5.82 Å². The van der Waals surface area contributed by atoms with Crippen LogP contribution < -0.4 is 0 Å². The summed E-state index contributed by atoms with van der Waals surface area (Å²) in [5.41, 5.74) is 3.81. The second-order valence-electron chi connectivity index (χ2n) is 15.6. The second kappa shape index (κ2) is 43.4. The van der Waals surface area contributed by atoms with Crippen molar-refractivity contribution in [1.29, 1.82) is 0 Å². The van der Waals surface area contributed by atoms with Gasteiger partial charge >= 0.3 is 0 Å². The largest absolute Gasteiger partial charge is 0.379 e.